The van der Waals surface area contributed by atoms with Gasteiger partial charge in [-0.2, -0.15) is 105 Å². The third-order valence-electron chi connectivity index (χ3n) is 5.12. The van der Waals surface area contributed by atoms with Crippen LogP contribution in [0.1, 0.15) is 26.7 Å². The first-order valence-electron chi connectivity index (χ1n) is 9.35. The van der Waals surface area contributed by atoms with Gasteiger partial charge in [-0.15, -0.1) is 0 Å². The maximum atomic E-state index is 13.6. The molecule has 0 bridgehead atoms. The fraction of sp³-hybridized carbons (Fsp3) is 1.00. The quantitative estimate of drug-likeness (QED) is 0.173. The molecule has 0 radical (unpaired) electrons. The van der Waals surface area contributed by atoms with Crippen LogP contribution in [0.3, 0.4) is 0 Å². The van der Waals surface area contributed by atoms with Crippen molar-refractivity contribution < 1.29 is 105 Å². The Morgan fingerprint density at radius 1 is 0.300 bits per heavy atom. The minimum Gasteiger partial charge on any atom is -0.200 e. The number of halogens is 24. The van der Waals surface area contributed by atoms with Gasteiger partial charge in [0.2, 0.25) is 0 Å². The van der Waals surface area contributed by atoms with E-state index in [0.717, 1.165) is 0 Å². The Hall–Kier alpha value is -1.68. The number of hydrogen-bond acceptors (Lipinski definition) is 0. The maximum absolute atomic E-state index is 13.6. The Labute approximate surface area is 204 Å². The van der Waals surface area contributed by atoms with Crippen LogP contribution in [0.2, 0.25) is 0 Å². The molecule has 0 N–H and O–H groups in total. The highest BCUT2D eigenvalue weighted by molar-refractivity contribution is 5.19. The summed E-state index contributed by atoms with van der Waals surface area (Å²) in [4.78, 5) is 0. The largest absolute Gasteiger partial charge is 0.385 e. The van der Waals surface area contributed by atoms with Crippen LogP contribution in [0.15, 0.2) is 0 Å². The summed E-state index contributed by atoms with van der Waals surface area (Å²) in [6.07, 6.45) is -4.05. The van der Waals surface area contributed by atoms with E-state index in [2.05, 4.69) is 0 Å². The first-order chi connectivity index (χ1) is 16.8. The number of hydrogen-bond donors (Lipinski definition) is 0. The van der Waals surface area contributed by atoms with Crippen LogP contribution in [0, 0.1) is 0 Å². The molecule has 0 fully saturated rings. The third-order valence-corrected chi connectivity index (χ3v) is 5.12. The smallest absolute Gasteiger partial charge is 0.200 e. The van der Waals surface area contributed by atoms with E-state index in [1.165, 1.54) is 0 Å². The monoisotopic (exact) mass is 658 g/mol. The molecule has 0 rings (SSSR count). The van der Waals surface area contributed by atoms with Crippen LogP contribution in [0.25, 0.3) is 0 Å². The summed E-state index contributed by atoms with van der Waals surface area (Å²) in [5, 5.41) is 0. The van der Waals surface area contributed by atoms with Crippen LogP contribution in [-0.4, -0.2) is 71.1 Å². The van der Waals surface area contributed by atoms with E-state index in [9.17, 15) is 105 Å². The fourth-order valence-electron chi connectivity index (χ4n) is 2.55. The standard InChI is InChI=1S/C16H10F24/c1-3-4-6(19,20)8(23,24)10(27,28)12(31,32)14(35,36)16(39,40)15(37,38)13(33,34)11(29,30)9(25,26)7(21,22)5(2,17)18/h3-4H2,1-2H3. The first kappa shape index (κ1) is 38.3. The molecule has 0 nitrogen and oxygen atoms in total. The summed E-state index contributed by atoms with van der Waals surface area (Å²) in [5.74, 6) is -102. The second-order valence-electron chi connectivity index (χ2n) is 8.09. The Bertz CT molecular complexity index is 904. The van der Waals surface area contributed by atoms with Gasteiger partial charge in [0.1, 0.15) is 0 Å². The maximum Gasteiger partial charge on any atom is 0.385 e. The summed E-state index contributed by atoms with van der Waals surface area (Å²) in [6, 6.07) is 0. The molecule has 0 spiro atoms. The zero-order valence-corrected chi connectivity index (χ0v) is 18.5. The highest BCUT2D eigenvalue weighted by Gasteiger charge is 2.99. The second kappa shape index (κ2) is 9.41. The lowest BCUT2D eigenvalue weighted by Crippen LogP contribution is -2.78. The Balaban J connectivity index is 7.30. The molecule has 24 heteroatoms. The van der Waals surface area contributed by atoms with Gasteiger partial charge >= 0.3 is 71.1 Å². The van der Waals surface area contributed by atoms with Gasteiger partial charge in [0, 0.05) is 13.3 Å². The average molecular weight is 658 g/mol. The van der Waals surface area contributed by atoms with Crippen molar-refractivity contribution in [1.29, 1.82) is 0 Å². The van der Waals surface area contributed by atoms with E-state index >= 15 is 0 Å². The molecule has 0 aromatic heterocycles. The molecule has 0 atom stereocenters. The number of rotatable bonds is 13. The predicted octanol–water partition coefficient (Wildman–Crippen LogP) is 9.43. The molecule has 0 aromatic rings. The van der Waals surface area contributed by atoms with Crippen molar-refractivity contribution in [2.24, 2.45) is 0 Å². The Kier molecular flexibility index (Phi) is 9.02. The highest BCUT2D eigenvalue weighted by Crippen LogP contribution is 2.67. The number of alkyl halides is 24. The van der Waals surface area contributed by atoms with Crippen LogP contribution in [0.5, 0.6) is 0 Å². The van der Waals surface area contributed by atoms with Gasteiger partial charge in [0.05, 0.1) is 0 Å². The van der Waals surface area contributed by atoms with Crippen LogP contribution < -0.4 is 0 Å². The van der Waals surface area contributed by atoms with E-state index in [4.69, 9.17) is 0 Å². The zero-order chi connectivity index (χ0) is 33.4. The minimum atomic E-state index is -9.43. The van der Waals surface area contributed by atoms with Crippen molar-refractivity contribution >= 4 is 0 Å². The summed E-state index contributed by atoms with van der Waals surface area (Å²) in [6.45, 7) is -1.06. The van der Waals surface area contributed by atoms with Crippen LogP contribution in [-0.2, 0) is 0 Å². The Morgan fingerprint density at radius 2 is 0.475 bits per heavy atom. The van der Waals surface area contributed by atoms with Gasteiger partial charge in [-0.1, -0.05) is 13.3 Å². The van der Waals surface area contributed by atoms with Crippen molar-refractivity contribution in [2.45, 2.75) is 97.8 Å². The molecule has 40 heavy (non-hydrogen) atoms. The molecular formula is C16H10F24. The van der Waals surface area contributed by atoms with E-state index in [0.29, 0.717) is 6.92 Å². The molecule has 0 saturated carbocycles. The fourth-order valence-corrected chi connectivity index (χ4v) is 2.55. The van der Waals surface area contributed by atoms with E-state index < -0.39 is 90.8 Å². The van der Waals surface area contributed by atoms with Gasteiger partial charge in [0.25, 0.3) is 0 Å². The van der Waals surface area contributed by atoms with Gasteiger partial charge in [-0.3, -0.25) is 0 Å². The summed E-state index contributed by atoms with van der Waals surface area (Å²) in [7, 11) is 0. The molecular weight excluding hydrogens is 648 g/mol. The predicted molar refractivity (Wildman–Crippen MR) is 79.9 cm³/mol. The van der Waals surface area contributed by atoms with Crippen LogP contribution in [0.4, 0.5) is 105 Å². The molecule has 0 unspecified atom stereocenters. The Morgan fingerprint density at radius 3 is 0.650 bits per heavy atom. The third kappa shape index (κ3) is 4.41. The summed E-state index contributed by atoms with van der Waals surface area (Å²) in [5.41, 5.74) is 0. The zero-order valence-electron chi connectivity index (χ0n) is 18.5. The highest BCUT2D eigenvalue weighted by atomic mass is 19.4. The van der Waals surface area contributed by atoms with Crippen molar-refractivity contribution in [2.75, 3.05) is 0 Å². The van der Waals surface area contributed by atoms with E-state index in [-0.39, 0.29) is 0 Å². The molecule has 0 heterocycles. The SMILES string of the molecule is CCCC(F)(F)C(F)(F)C(F)(F)C(F)(F)C(F)(F)C(F)(F)C(F)(F)C(F)(F)C(F)(F)C(F)(F)C(F)(F)C(C)(F)F. The van der Waals surface area contributed by atoms with E-state index in [1.807, 2.05) is 0 Å². The van der Waals surface area contributed by atoms with Gasteiger partial charge in [0.15, 0.2) is 0 Å². The van der Waals surface area contributed by atoms with Gasteiger partial charge < -0.3 is 0 Å². The first-order valence-corrected chi connectivity index (χ1v) is 9.35. The molecule has 0 aromatic carbocycles. The molecule has 0 aliphatic rings. The lowest BCUT2D eigenvalue weighted by atomic mass is 9.84. The molecule has 0 aliphatic heterocycles. The normalized spacial score (nSPS) is 16.9. The molecule has 0 saturated heterocycles. The summed E-state index contributed by atoms with van der Waals surface area (Å²) < 4.78 is 321. The van der Waals surface area contributed by atoms with Gasteiger partial charge in [-0.05, 0) is 0 Å². The van der Waals surface area contributed by atoms with Gasteiger partial charge in [-0.25, -0.2) is 0 Å². The van der Waals surface area contributed by atoms with Crippen molar-refractivity contribution in [1.82, 2.24) is 0 Å². The molecule has 0 amide bonds. The lowest BCUT2D eigenvalue weighted by Gasteiger charge is -2.46. The summed E-state index contributed by atoms with van der Waals surface area (Å²) >= 11 is 0. The minimum absolute atomic E-state index is 0.416. The van der Waals surface area contributed by atoms with Crippen molar-refractivity contribution in [3.8, 4) is 0 Å². The topological polar surface area (TPSA) is 0 Å². The lowest BCUT2D eigenvalue weighted by molar-refractivity contribution is -0.478. The van der Waals surface area contributed by atoms with E-state index in [1.54, 1.807) is 0 Å². The van der Waals surface area contributed by atoms with Crippen molar-refractivity contribution in [3.05, 3.63) is 0 Å². The second-order valence-corrected chi connectivity index (χ2v) is 8.09. The molecule has 242 valence electrons. The van der Waals surface area contributed by atoms with Crippen molar-refractivity contribution in [3.63, 3.8) is 0 Å². The molecule has 0 aliphatic carbocycles. The van der Waals surface area contributed by atoms with Crippen LogP contribution >= 0.6 is 0 Å². The average Bonchev–Trinajstić information content (AvgIpc) is 2.71.